The van der Waals surface area contributed by atoms with E-state index in [4.69, 9.17) is 0 Å². The Bertz CT molecular complexity index is 703. The summed E-state index contributed by atoms with van der Waals surface area (Å²) >= 11 is 6.90. The second-order valence-electron chi connectivity index (χ2n) is 4.86. The number of hydrogen-bond donors (Lipinski definition) is 2. The maximum absolute atomic E-state index is 11.3. The van der Waals surface area contributed by atoms with Crippen molar-refractivity contribution in [3.63, 3.8) is 0 Å². The Balaban J connectivity index is 1.72. The van der Waals surface area contributed by atoms with Crippen LogP contribution in [0.4, 0.5) is 11.4 Å². The molecule has 0 fully saturated rings. The van der Waals surface area contributed by atoms with Gasteiger partial charge in [0.25, 0.3) is 0 Å². The Morgan fingerprint density at radius 2 is 2.10 bits per heavy atom. The van der Waals surface area contributed by atoms with Crippen LogP contribution in [0.5, 0.6) is 0 Å². The Kier molecular flexibility index (Phi) is 4.26. The van der Waals surface area contributed by atoms with Crippen molar-refractivity contribution in [1.82, 2.24) is 4.98 Å². The van der Waals surface area contributed by atoms with Gasteiger partial charge in [0.05, 0.1) is 12.2 Å². The number of anilines is 2. The molecule has 2 aromatic rings. The van der Waals surface area contributed by atoms with E-state index in [1.807, 2.05) is 18.2 Å². The molecule has 0 saturated carbocycles. The first-order chi connectivity index (χ1) is 10.1. The van der Waals surface area contributed by atoms with Gasteiger partial charge in [-0.1, -0.05) is 0 Å². The van der Waals surface area contributed by atoms with Crippen molar-refractivity contribution >= 4 is 49.1 Å². The average molecular weight is 411 g/mol. The molecule has 1 aromatic heterocycles. The van der Waals surface area contributed by atoms with Crippen molar-refractivity contribution in [2.75, 3.05) is 10.6 Å². The highest BCUT2D eigenvalue weighted by Gasteiger charge is 2.14. The number of pyridine rings is 1. The monoisotopic (exact) mass is 409 g/mol. The number of benzene rings is 1. The van der Waals surface area contributed by atoms with Crippen LogP contribution in [0.25, 0.3) is 0 Å². The number of nitrogens with one attached hydrogen (secondary N) is 2. The van der Waals surface area contributed by atoms with Gasteiger partial charge in [-0.3, -0.25) is 9.78 Å². The zero-order valence-corrected chi connectivity index (χ0v) is 14.3. The number of fused-ring (bicyclic) bond motifs is 1. The van der Waals surface area contributed by atoms with E-state index in [9.17, 15) is 4.79 Å². The van der Waals surface area contributed by atoms with Crippen molar-refractivity contribution in [2.45, 2.75) is 19.4 Å². The van der Waals surface area contributed by atoms with Crippen LogP contribution in [0.1, 0.15) is 17.7 Å². The number of amides is 1. The number of halogens is 2. The van der Waals surface area contributed by atoms with Gasteiger partial charge in [-0.25, -0.2) is 0 Å². The summed E-state index contributed by atoms with van der Waals surface area (Å²) in [6.45, 7) is 0.638. The van der Waals surface area contributed by atoms with Crippen molar-refractivity contribution in [2.24, 2.45) is 0 Å². The molecule has 2 heterocycles. The van der Waals surface area contributed by atoms with Crippen molar-refractivity contribution in [3.05, 3.63) is 50.7 Å². The van der Waals surface area contributed by atoms with E-state index >= 15 is 0 Å². The van der Waals surface area contributed by atoms with E-state index in [0.29, 0.717) is 13.0 Å². The normalized spacial score (nSPS) is 13.5. The van der Waals surface area contributed by atoms with Gasteiger partial charge < -0.3 is 10.6 Å². The van der Waals surface area contributed by atoms with E-state index in [1.54, 1.807) is 6.20 Å². The molecular formula is C15H13Br2N3O. The average Bonchev–Trinajstić information content (AvgIpc) is 2.46. The number of carbonyl (C=O) groups is 1. The zero-order chi connectivity index (χ0) is 14.8. The molecule has 0 radical (unpaired) electrons. The molecule has 0 saturated heterocycles. The summed E-state index contributed by atoms with van der Waals surface area (Å²) in [5, 5.41) is 6.25. The van der Waals surface area contributed by atoms with Gasteiger partial charge in [-0.15, -0.1) is 0 Å². The molecule has 4 nitrogen and oxygen atoms in total. The summed E-state index contributed by atoms with van der Waals surface area (Å²) in [4.78, 5) is 15.7. The van der Waals surface area contributed by atoms with Crippen LogP contribution in [-0.2, 0) is 17.8 Å². The molecule has 6 heteroatoms. The largest absolute Gasteiger partial charge is 0.379 e. The second kappa shape index (κ2) is 6.15. The molecule has 21 heavy (non-hydrogen) atoms. The number of carbonyl (C=O) groups excluding carboxylic acids is 1. The number of rotatable bonds is 3. The second-order valence-corrected chi connectivity index (χ2v) is 6.63. The highest BCUT2D eigenvalue weighted by Crippen LogP contribution is 2.26. The molecule has 0 atom stereocenters. The number of hydrogen-bond acceptors (Lipinski definition) is 3. The molecular weight excluding hydrogens is 398 g/mol. The molecule has 0 spiro atoms. The first-order valence-corrected chi connectivity index (χ1v) is 8.17. The molecule has 1 aromatic carbocycles. The Labute approximate surface area is 139 Å². The summed E-state index contributed by atoms with van der Waals surface area (Å²) in [5.74, 6) is 0.0891. The summed E-state index contributed by atoms with van der Waals surface area (Å²) in [5.41, 5.74) is 4.06. The molecule has 108 valence electrons. The maximum atomic E-state index is 11.3. The lowest BCUT2D eigenvalue weighted by molar-refractivity contribution is -0.116. The summed E-state index contributed by atoms with van der Waals surface area (Å²) in [6, 6.07) is 7.98. The first kappa shape index (κ1) is 14.5. The molecule has 0 bridgehead atoms. The van der Waals surface area contributed by atoms with Gasteiger partial charge in [-0.2, -0.15) is 0 Å². The van der Waals surface area contributed by atoms with Crippen molar-refractivity contribution in [1.29, 1.82) is 0 Å². The van der Waals surface area contributed by atoms with Crippen LogP contribution in [0, 0.1) is 0 Å². The van der Waals surface area contributed by atoms with Gasteiger partial charge in [0.2, 0.25) is 5.91 Å². The highest BCUT2D eigenvalue weighted by molar-refractivity contribution is 9.11. The van der Waals surface area contributed by atoms with Crippen LogP contribution in [0.2, 0.25) is 0 Å². The van der Waals surface area contributed by atoms with E-state index < -0.39 is 0 Å². The molecule has 2 N–H and O–H groups in total. The molecule has 1 amide bonds. The van der Waals surface area contributed by atoms with E-state index in [-0.39, 0.29) is 5.91 Å². The van der Waals surface area contributed by atoms with E-state index in [2.05, 4.69) is 53.5 Å². The van der Waals surface area contributed by atoms with Crippen molar-refractivity contribution in [3.8, 4) is 0 Å². The predicted molar refractivity (Wildman–Crippen MR) is 90.4 cm³/mol. The van der Waals surface area contributed by atoms with Gasteiger partial charge in [0.1, 0.15) is 0 Å². The third kappa shape index (κ3) is 3.44. The van der Waals surface area contributed by atoms with Crippen LogP contribution in [0.3, 0.4) is 0 Å². The molecule has 3 rings (SSSR count). The molecule has 0 aliphatic carbocycles. The number of nitrogens with zero attached hydrogens (tertiary/aromatic N) is 1. The first-order valence-electron chi connectivity index (χ1n) is 6.58. The quantitative estimate of drug-likeness (QED) is 0.800. The SMILES string of the molecule is O=C1CCc2cc(NCc3ncc(Br)cc3Br)ccc2N1. The Hall–Kier alpha value is -1.40. The third-order valence-corrected chi connectivity index (χ3v) is 4.46. The molecule has 1 aliphatic rings. The van der Waals surface area contributed by atoms with Crippen LogP contribution in [0.15, 0.2) is 39.4 Å². The summed E-state index contributed by atoms with van der Waals surface area (Å²) < 4.78 is 1.91. The van der Waals surface area contributed by atoms with Crippen LogP contribution < -0.4 is 10.6 Å². The smallest absolute Gasteiger partial charge is 0.224 e. The van der Waals surface area contributed by atoms with Gasteiger partial charge in [-0.05, 0) is 68.1 Å². The number of aromatic nitrogens is 1. The minimum atomic E-state index is 0.0891. The fourth-order valence-corrected chi connectivity index (χ4v) is 3.38. The topological polar surface area (TPSA) is 54.0 Å². The maximum Gasteiger partial charge on any atom is 0.224 e. The van der Waals surface area contributed by atoms with E-state index in [1.165, 1.54) is 5.56 Å². The van der Waals surface area contributed by atoms with Gasteiger partial charge >= 0.3 is 0 Å². The lowest BCUT2D eigenvalue weighted by Crippen LogP contribution is -2.19. The third-order valence-electron chi connectivity index (χ3n) is 3.34. The standard InChI is InChI=1S/C15H13Br2N3O/c16-10-6-12(17)14(19-7-10)8-18-11-2-3-13-9(5-11)1-4-15(21)20-13/h2-3,5-7,18H,1,4,8H2,(H,20,21). The van der Waals surface area contributed by atoms with E-state index in [0.717, 1.165) is 32.4 Å². The summed E-state index contributed by atoms with van der Waals surface area (Å²) in [7, 11) is 0. The Morgan fingerprint density at radius 1 is 1.24 bits per heavy atom. The molecule has 1 aliphatic heterocycles. The van der Waals surface area contributed by atoms with Crippen LogP contribution in [-0.4, -0.2) is 10.9 Å². The minimum Gasteiger partial charge on any atom is -0.379 e. The zero-order valence-electron chi connectivity index (χ0n) is 11.1. The highest BCUT2D eigenvalue weighted by atomic mass is 79.9. The number of aryl methyl sites for hydroxylation is 1. The summed E-state index contributed by atoms with van der Waals surface area (Å²) in [6.07, 6.45) is 3.12. The lowest BCUT2D eigenvalue weighted by Gasteiger charge is -2.18. The van der Waals surface area contributed by atoms with Gasteiger partial charge in [0.15, 0.2) is 0 Å². The Morgan fingerprint density at radius 3 is 2.90 bits per heavy atom. The lowest BCUT2D eigenvalue weighted by atomic mass is 10.0. The fourth-order valence-electron chi connectivity index (χ4n) is 2.25. The van der Waals surface area contributed by atoms with Crippen LogP contribution >= 0.6 is 31.9 Å². The fraction of sp³-hybridized carbons (Fsp3) is 0.200. The predicted octanol–water partition coefficient (Wildman–Crippen LogP) is 4.10. The van der Waals surface area contributed by atoms with Crippen molar-refractivity contribution < 1.29 is 4.79 Å². The minimum absolute atomic E-state index is 0.0891. The van der Waals surface area contributed by atoms with Gasteiger partial charge in [0, 0.05) is 32.9 Å². The molecule has 0 unspecified atom stereocenters.